The molecule has 116 valence electrons. The fourth-order valence-corrected chi connectivity index (χ4v) is 3.13. The van der Waals surface area contributed by atoms with E-state index < -0.39 is 0 Å². The van der Waals surface area contributed by atoms with Crippen molar-refractivity contribution in [3.63, 3.8) is 0 Å². The van der Waals surface area contributed by atoms with Crippen molar-refractivity contribution in [3.8, 4) is 0 Å². The number of nitrogens with zero attached hydrogens (tertiary/aromatic N) is 2. The number of benzene rings is 1. The maximum atomic E-state index is 14.0. The quantitative estimate of drug-likeness (QED) is 0.507. The first-order valence-corrected chi connectivity index (χ1v) is 8.51. The lowest BCUT2D eigenvalue weighted by Gasteiger charge is -2.24. The zero-order chi connectivity index (χ0) is 15.6. The summed E-state index contributed by atoms with van der Waals surface area (Å²) in [7, 11) is 1.68. The molecule has 0 fully saturated rings. The second-order valence-corrected chi connectivity index (χ2v) is 6.90. The molecule has 3 nitrogen and oxygen atoms in total. The Morgan fingerprint density at radius 2 is 2.14 bits per heavy atom. The van der Waals surface area contributed by atoms with Crippen molar-refractivity contribution in [2.75, 3.05) is 19.6 Å². The minimum atomic E-state index is -0.221. The van der Waals surface area contributed by atoms with Gasteiger partial charge in [0.1, 0.15) is 11.6 Å². The third-order valence-electron chi connectivity index (χ3n) is 3.56. The van der Waals surface area contributed by atoms with Gasteiger partial charge in [0.15, 0.2) is 0 Å². The average Bonchev–Trinajstić information content (AvgIpc) is 2.74. The molecule has 0 saturated carbocycles. The van der Waals surface area contributed by atoms with E-state index in [1.54, 1.807) is 19.2 Å². The van der Waals surface area contributed by atoms with Gasteiger partial charge in [0.05, 0.1) is 27.3 Å². The summed E-state index contributed by atoms with van der Waals surface area (Å²) in [6.07, 6.45) is 0.654. The van der Waals surface area contributed by atoms with Crippen molar-refractivity contribution in [3.05, 3.63) is 27.3 Å². The predicted octanol–water partition coefficient (Wildman–Crippen LogP) is 4.40. The van der Waals surface area contributed by atoms with Crippen molar-refractivity contribution in [2.24, 2.45) is 5.92 Å². The van der Waals surface area contributed by atoms with E-state index in [-0.39, 0.29) is 11.9 Å². The van der Waals surface area contributed by atoms with Crippen LogP contribution in [0.25, 0.3) is 11.0 Å². The fraction of sp³-hybridized carbons (Fsp3) is 0.533. The predicted molar refractivity (Wildman–Crippen MR) is 92.6 cm³/mol. The normalized spacial score (nSPS) is 13.3. The van der Waals surface area contributed by atoms with Gasteiger partial charge >= 0.3 is 0 Å². The zero-order valence-corrected chi connectivity index (χ0v) is 15.3. The second-order valence-electron chi connectivity index (χ2n) is 5.36. The summed E-state index contributed by atoms with van der Waals surface area (Å²) in [5, 5.41) is 0. The van der Waals surface area contributed by atoms with E-state index in [9.17, 15) is 4.39 Å². The van der Waals surface area contributed by atoms with Crippen LogP contribution in [0.3, 0.4) is 0 Å². The largest absolute Gasteiger partial charge is 0.383 e. The molecule has 0 aliphatic rings. The van der Waals surface area contributed by atoms with Gasteiger partial charge in [0.25, 0.3) is 0 Å². The lowest BCUT2D eigenvalue weighted by atomic mass is 10.0. The van der Waals surface area contributed by atoms with Crippen molar-refractivity contribution < 1.29 is 9.13 Å². The Bertz CT molecular complexity index is 630. The highest BCUT2D eigenvalue weighted by Crippen LogP contribution is 2.29. The molecule has 0 aliphatic carbocycles. The molecule has 1 unspecified atom stereocenters. The highest BCUT2D eigenvalue weighted by Gasteiger charge is 2.22. The van der Waals surface area contributed by atoms with Crippen LogP contribution in [0.15, 0.2) is 12.1 Å². The summed E-state index contributed by atoms with van der Waals surface area (Å²) in [6.45, 7) is 4.82. The van der Waals surface area contributed by atoms with Crippen LogP contribution in [0, 0.1) is 15.3 Å². The SMILES string of the molecule is COCC(C(C)C)n1c(CCCl)nc2cc(I)c(F)cc21. The molecule has 0 radical (unpaired) electrons. The number of methoxy groups -OCH3 is 1. The van der Waals surface area contributed by atoms with E-state index in [0.717, 1.165) is 16.9 Å². The third kappa shape index (κ3) is 3.51. The van der Waals surface area contributed by atoms with Crippen LogP contribution in [0.1, 0.15) is 25.7 Å². The Labute approximate surface area is 143 Å². The Kier molecular flexibility index (Phi) is 5.85. The lowest BCUT2D eigenvalue weighted by Crippen LogP contribution is -2.22. The zero-order valence-electron chi connectivity index (χ0n) is 12.4. The van der Waals surface area contributed by atoms with E-state index in [0.29, 0.717) is 28.4 Å². The lowest BCUT2D eigenvalue weighted by molar-refractivity contribution is 0.133. The van der Waals surface area contributed by atoms with Gasteiger partial charge in [-0.2, -0.15) is 0 Å². The first-order chi connectivity index (χ1) is 9.99. The van der Waals surface area contributed by atoms with Gasteiger partial charge in [-0.25, -0.2) is 9.37 Å². The summed E-state index contributed by atoms with van der Waals surface area (Å²) in [5.41, 5.74) is 1.62. The van der Waals surface area contributed by atoms with Crippen LogP contribution in [0.5, 0.6) is 0 Å². The molecule has 0 bridgehead atoms. The van der Waals surface area contributed by atoms with Crippen LogP contribution in [0.2, 0.25) is 0 Å². The number of hydrogen-bond donors (Lipinski definition) is 0. The van der Waals surface area contributed by atoms with Gasteiger partial charge in [-0.05, 0) is 34.6 Å². The van der Waals surface area contributed by atoms with E-state index in [1.807, 2.05) is 22.6 Å². The highest BCUT2D eigenvalue weighted by atomic mass is 127. The Hall–Kier alpha value is -0.400. The number of halogens is 3. The van der Waals surface area contributed by atoms with E-state index in [1.165, 1.54) is 0 Å². The average molecular weight is 425 g/mol. The number of aromatic nitrogens is 2. The molecular formula is C15H19ClFIN2O. The molecule has 0 N–H and O–H groups in total. The number of fused-ring (bicyclic) bond motifs is 1. The molecule has 21 heavy (non-hydrogen) atoms. The smallest absolute Gasteiger partial charge is 0.138 e. The van der Waals surface area contributed by atoms with Crippen LogP contribution in [-0.2, 0) is 11.2 Å². The van der Waals surface area contributed by atoms with Gasteiger partial charge in [-0.3, -0.25) is 0 Å². The standard InChI is InChI=1S/C15H19ClFIN2O/c1-9(2)14(8-21-3)20-13-6-10(17)11(18)7-12(13)19-15(20)4-5-16/h6-7,9,14H,4-5,8H2,1-3H3. The van der Waals surface area contributed by atoms with Crippen molar-refractivity contribution >= 4 is 45.2 Å². The summed E-state index contributed by atoms with van der Waals surface area (Å²) in [5.74, 6) is 1.50. The minimum absolute atomic E-state index is 0.109. The topological polar surface area (TPSA) is 27.1 Å². The molecule has 2 rings (SSSR count). The van der Waals surface area contributed by atoms with Crippen molar-refractivity contribution in [1.29, 1.82) is 0 Å². The van der Waals surface area contributed by atoms with Crippen LogP contribution in [0.4, 0.5) is 4.39 Å². The number of imidazole rings is 1. The Morgan fingerprint density at radius 1 is 1.43 bits per heavy atom. The number of aryl methyl sites for hydroxylation is 1. The Balaban J connectivity index is 2.66. The molecular weight excluding hydrogens is 406 g/mol. The van der Waals surface area contributed by atoms with Crippen LogP contribution >= 0.6 is 34.2 Å². The Morgan fingerprint density at radius 3 is 2.71 bits per heavy atom. The monoisotopic (exact) mass is 424 g/mol. The molecule has 1 aromatic heterocycles. The second kappa shape index (κ2) is 7.24. The molecule has 6 heteroatoms. The first kappa shape index (κ1) is 17.0. The molecule has 0 aliphatic heterocycles. The number of alkyl halides is 1. The molecule has 2 aromatic rings. The third-order valence-corrected chi connectivity index (χ3v) is 4.58. The molecule has 1 aromatic carbocycles. The van der Waals surface area contributed by atoms with Gasteiger partial charge in [-0.15, -0.1) is 11.6 Å². The number of ether oxygens (including phenoxy) is 1. The van der Waals surface area contributed by atoms with E-state index in [2.05, 4.69) is 23.4 Å². The van der Waals surface area contributed by atoms with E-state index >= 15 is 0 Å². The molecule has 1 heterocycles. The molecule has 0 amide bonds. The molecule has 1 atom stereocenters. The fourth-order valence-electron chi connectivity index (χ4n) is 2.51. The summed E-state index contributed by atoms with van der Waals surface area (Å²) in [4.78, 5) is 4.64. The van der Waals surface area contributed by atoms with Gasteiger partial charge < -0.3 is 9.30 Å². The van der Waals surface area contributed by atoms with Gasteiger partial charge in [0, 0.05) is 25.5 Å². The van der Waals surface area contributed by atoms with Gasteiger partial charge in [0.2, 0.25) is 0 Å². The molecule has 0 saturated heterocycles. The number of hydrogen-bond acceptors (Lipinski definition) is 2. The minimum Gasteiger partial charge on any atom is -0.383 e. The van der Waals surface area contributed by atoms with E-state index in [4.69, 9.17) is 16.3 Å². The maximum absolute atomic E-state index is 14.0. The summed E-state index contributed by atoms with van der Waals surface area (Å²) < 4.78 is 22.0. The van der Waals surface area contributed by atoms with Crippen molar-refractivity contribution in [2.45, 2.75) is 26.3 Å². The van der Waals surface area contributed by atoms with Crippen molar-refractivity contribution in [1.82, 2.24) is 9.55 Å². The number of rotatable bonds is 6. The highest BCUT2D eigenvalue weighted by molar-refractivity contribution is 14.1. The molecule has 0 spiro atoms. The summed E-state index contributed by atoms with van der Waals surface area (Å²) in [6, 6.07) is 3.45. The van der Waals surface area contributed by atoms with Crippen LogP contribution < -0.4 is 0 Å². The summed E-state index contributed by atoms with van der Waals surface area (Å²) >= 11 is 7.89. The van der Waals surface area contributed by atoms with Crippen LogP contribution in [-0.4, -0.2) is 29.1 Å². The van der Waals surface area contributed by atoms with Gasteiger partial charge in [-0.1, -0.05) is 13.8 Å². The first-order valence-electron chi connectivity index (χ1n) is 6.90. The maximum Gasteiger partial charge on any atom is 0.138 e.